The second kappa shape index (κ2) is 5.13. The van der Waals surface area contributed by atoms with Crippen molar-refractivity contribution < 1.29 is 0 Å². The average molecular weight is 250 g/mol. The molecule has 3 fully saturated rings. The average Bonchev–Trinajstić information content (AvgIpc) is 2.72. The highest BCUT2D eigenvalue weighted by Gasteiger charge is 2.44. The van der Waals surface area contributed by atoms with Gasteiger partial charge in [-0.1, -0.05) is 26.7 Å². The Balaban J connectivity index is 1.73. The van der Waals surface area contributed by atoms with Crippen LogP contribution < -0.4 is 5.73 Å². The molecular weight excluding hydrogens is 220 g/mol. The Bertz CT molecular complexity index is 279. The molecule has 3 aliphatic rings. The Morgan fingerprint density at radius 1 is 1.00 bits per heavy atom. The standard InChI is InChI=1S/C16H30N2/c1-11-9-12(2)16(14(17)10-11)18-8-7-13-5-3-4-6-15(13)18/h11-16H,3-10,17H2,1-2H3. The molecule has 0 aromatic heterocycles. The lowest BCUT2D eigenvalue weighted by atomic mass is 9.75. The van der Waals surface area contributed by atoms with Gasteiger partial charge in [-0.3, -0.25) is 4.90 Å². The van der Waals surface area contributed by atoms with Gasteiger partial charge in [-0.2, -0.15) is 0 Å². The van der Waals surface area contributed by atoms with Gasteiger partial charge in [0.25, 0.3) is 0 Å². The third-order valence-corrected chi connectivity index (χ3v) is 5.91. The molecule has 0 amide bonds. The van der Waals surface area contributed by atoms with Crippen molar-refractivity contribution in [1.82, 2.24) is 4.90 Å². The van der Waals surface area contributed by atoms with Crippen LogP contribution in [0.1, 0.15) is 58.8 Å². The predicted octanol–water partition coefficient (Wildman–Crippen LogP) is 3.01. The molecule has 2 aliphatic carbocycles. The van der Waals surface area contributed by atoms with Crippen molar-refractivity contribution in [3.8, 4) is 0 Å². The highest BCUT2D eigenvalue weighted by atomic mass is 15.2. The van der Waals surface area contributed by atoms with E-state index in [1.54, 1.807) is 0 Å². The summed E-state index contributed by atoms with van der Waals surface area (Å²) in [4.78, 5) is 2.84. The summed E-state index contributed by atoms with van der Waals surface area (Å²) in [6.45, 7) is 6.14. The van der Waals surface area contributed by atoms with Gasteiger partial charge in [-0.15, -0.1) is 0 Å². The first-order valence-electron chi connectivity index (χ1n) is 8.18. The molecule has 6 atom stereocenters. The lowest BCUT2D eigenvalue weighted by molar-refractivity contribution is 0.0472. The molecule has 2 saturated carbocycles. The summed E-state index contributed by atoms with van der Waals surface area (Å²) in [6, 6.07) is 1.98. The van der Waals surface area contributed by atoms with Crippen LogP contribution in [0.3, 0.4) is 0 Å². The molecule has 3 rings (SSSR count). The van der Waals surface area contributed by atoms with Crippen molar-refractivity contribution in [3.63, 3.8) is 0 Å². The minimum absolute atomic E-state index is 0.421. The highest BCUT2D eigenvalue weighted by Crippen LogP contribution is 2.41. The van der Waals surface area contributed by atoms with Crippen LogP contribution in [0.5, 0.6) is 0 Å². The quantitative estimate of drug-likeness (QED) is 0.775. The molecule has 2 N–H and O–H groups in total. The molecule has 1 aliphatic heterocycles. The first-order valence-corrected chi connectivity index (χ1v) is 8.18. The molecule has 0 aromatic rings. The molecule has 1 saturated heterocycles. The monoisotopic (exact) mass is 250 g/mol. The molecule has 6 unspecified atom stereocenters. The number of nitrogens with zero attached hydrogens (tertiary/aromatic N) is 1. The van der Waals surface area contributed by atoms with E-state index in [9.17, 15) is 0 Å². The van der Waals surface area contributed by atoms with E-state index in [0.717, 1.165) is 23.8 Å². The van der Waals surface area contributed by atoms with Crippen LogP contribution in [0.15, 0.2) is 0 Å². The van der Waals surface area contributed by atoms with Gasteiger partial charge in [-0.25, -0.2) is 0 Å². The predicted molar refractivity (Wildman–Crippen MR) is 76.4 cm³/mol. The van der Waals surface area contributed by atoms with Gasteiger partial charge in [0.05, 0.1) is 0 Å². The molecule has 0 aromatic carbocycles. The van der Waals surface area contributed by atoms with Crippen molar-refractivity contribution in [2.75, 3.05) is 6.54 Å². The molecule has 18 heavy (non-hydrogen) atoms. The van der Waals surface area contributed by atoms with Crippen molar-refractivity contribution in [1.29, 1.82) is 0 Å². The van der Waals surface area contributed by atoms with Crippen LogP contribution in [0.25, 0.3) is 0 Å². The number of hydrogen-bond acceptors (Lipinski definition) is 2. The van der Waals surface area contributed by atoms with Gasteiger partial charge in [0.15, 0.2) is 0 Å². The Labute approximate surface area is 112 Å². The van der Waals surface area contributed by atoms with E-state index in [1.807, 2.05) is 0 Å². The van der Waals surface area contributed by atoms with Crippen LogP contribution in [0.2, 0.25) is 0 Å². The van der Waals surface area contributed by atoms with Gasteiger partial charge in [0.2, 0.25) is 0 Å². The van der Waals surface area contributed by atoms with Crippen LogP contribution in [0, 0.1) is 17.8 Å². The molecular formula is C16H30N2. The van der Waals surface area contributed by atoms with Crippen molar-refractivity contribution in [3.05, 3.63) is 0 Å². The molecule has 0 bridgehead atoms. The van der Waals surface area contributed by atoms with Gasteiger partial charge in [-0.05, 0) is 56.4 Å². The molecule has 2 heteroatoms. The Morgan fingerprint density at radius 2 is 1.78 bits per heavy atom. The van der Waals surface area contributed by atoms with E-state index in [4.69, 9.17) is 5.73 Å². The van der Waals surface area contributed by atoms with Crippen LogP contribution in [-0.4, -0.2) is 29.6 Å². The Hall–Kier alpha value is -0.0800. The highest BCUT2D eigenvalue weighted by molar-refractivity contribution is 4.99. The summed E-state index contributed by atoms with van der Waals surface area (Å²) >= 11 is 0. The zero-order chi connectivity index (χ0) is 12.7. The third kappa shape index (κ3) is 2.22. The summed E-state index contributed by atoms with van der Waals surface area (Å²) in [7, 11) is 0. The van der Waals surface area contributed by atoms with Gasteiger partial charge < -0.3 is 5.73 Å². The lowest BCUT2D eigenvalue weighted by Crippen LogP contribution is -2.56. The van der Waals surface area contributed by atoms with Gasteiger partial charge >= 0.3 is 0 Å². The van der Waals surface area contributed by atoms with E-state index in [1.165, 1.54) is 51.5 Å². The van der Waals surface area contributed by atoms with Crippen LogP contribution in [0.4, 0.5) is 0 Å². The zero-order valence-electron chi connectivity index (χ0n) is 12.1. The smallest absolute Gasteiger partial charge is 0.0276 e. The Morgan fingerprint density at radius 3 is 2.56 bits per heavy atom. The maximum absolute atomic E-state index is 6.52. The fourth-order valence-electron chi connectivity index (χ4n) is 5.28. The fourth-order valence-corrected chi connectivity index (χ4v) is 5.28. The topological polar surface area (TPSA) is 29.3 Å². The molecule has 104 valence electrons. The number of nitrogens with two attached hydrogens (primary N) is 1. The summed E-state index contributed by atoms with van der Waals surface area (Å²) in [5.41, 5.74) is 6.52. The van der Waals surface area contributed by atoms with Crippen molar-refractivity contribution in [2.24, 2.45) is 23.5 Å². The number of likely N-dealkylation sites (tertiary alicyclic amines) is 1. The van der Waals surface area contributed by atoms with Crippen molar-refractivity contribution in [2.45, 2.75) is 76.9 Å². The van der Waals surface area contributed by atoms with Crippen molar-refractivity contribution >= 4 is 0 Å². The Kier molecular flexibility index (Phi) is 3.68. The number of rotatable bonds is 1. The molecule has 2 nitrogen and oxygen atoms in total. The normalized spacial score (nSPS) is 50.2. The summed E-state index contributed by atoms with van der Waals surface area (Å²) in [6.07, 6.45) is 9.90. The van der Waals surface area contributed by atoms with Crippen LogP contribution >= 0.6 is 0 Å². The summed E-state index contributed by atoms with van der Waals surface area (Å²) in [5.74, 6) is 2.62. The number of hydrogen-bond donors (Lipinski definition) is 1. The van der Waals surface area contributed by atoms with E-state index in [2.05, 4.69) is 18.7 Å². The van der Waals surface area contributed by atoms with E-state index >= 15 is 0 Å². The summed E-state index contributed by atoms with van der Waals surface area (Å²) < 4.78 is 0. The van der Waals surface area contributed by atoms with Gasteiger partial charge in [0, 0.05) is 18.1 Å². The van der Waals surface area contributed by atoms with E-state index < -0.39 is 0 Å². The first-order chi connectivity index (χ1) is 8.66. The molecule has 1 heterocycles. The van der Waals surface area contributed by atoms with Gasteiger partial charge in [0.1, 0.15) is 0 Å². The molecule has 0 spiro atoms. The zero-order valence-corrected chi connectivity index (χ0v) is 12.1. The lowest BCUT2D eigenvalue weighted by Gasteiger charge is -2.46. The summed E-state index contributed by atoms with van der Waals surface area (Å²) in [5, 5.41) is 0. The fraction of sp³-hybridized carbons (Fsp3) is 1.00. The largest absolute Gasteiger partial charge is 0.326 e. The minimum Gasteiger partial charge on any atom is -0.326 e. The first kappa shape index (κ1) is 12.9. The van der Waals surface area contributed by atoms with Crippen LogP contribution in [-0.2, 0) is 0 Å². The second-order valence-electron chi connectivity index (χ2n) is 7.35. The van der Waals surface area contributed by atoms with E-state index in [-0.39, 0.29) is 0 Å². The SMILES string of the molecule is CC1CC(C)C(N2CCC3CCCCC32)C(N)C1. The minimum atomic E-state index is 0.421. The molecule has 0 radical (unpaired) electrons. The second-order valence-corrected chi connectivity index (χ2v) is 7.35. The van der Waals surface area contributed by atoms with E-state index in [0.29, 0.717) is 12.1 Å². The maximum atomic E-state index is 6.52. The number of fused-ring (bicyclic) bond motifs is 1. The third-order valence-electron chi connectivity index (χ3n) is 5.91. The maximum Gasteiger partial charge on any atom is 0.0276 e.